The van der Waals surface area contributed by atoms with Crippen molar-refractivity contribution in [2.45, 2.75) is 18.7 Å². The maximum absolute atomic E-state index is 12.9. The number of anilines is 1. The summed E-state index contributed by atoms with van der Waals surface area (Å²) < 4.78 is 33.2. The van der Waals surface area contributed by atoms with Gasteiger partial charge in [-0.3, -0.25) is 0 Å². The van der Waals surface area contributed by atoms with Crippen molar-refractivity contribution in [3.8, 4) is 22.3 Å². The standard InChI is InChI=1S/C23H20N2O3S/c1-16-8-10-19(11-9-16)21-13-12-20(15-22(21)18-6-4-3-5-7-18)29(26,27)25-23-14-17(2)24-28-23/h3-15,25H,1-2H3. The van der Waals surface area contributed by atoms with Gasteiger partial charge in [0.1, 0.15) is 0 Å². The van der Waals surface area contributed by atoms with Gasteiger partial charge >= 0.3 is 0 Å². The Balaban J connectivity index is 1.82. The van der Waals surface area contributed by atoms with Crippen LogP contribution in [0.25, 0.3) is 22.3 Å². The largest absolute Gasteiger partial charge is 0.338 e. The number of sulfonamides is 1. The number of hydrogen-bond acceptors (Lipinski definition) is 4. The van der Waals surface area contributed by atoms with E-state index in [0.717, 1.165) is 22.3 Å². The first kappa shape index (κ1) is 19.0. The molecule has 146 valence electrons. The molecule has 0 radical (unpaired) electrons. The first-order valence-electron chi connectivity index (χ1n) is 9.15. The zero-order valence-corrected chi connectivity index (χ0v) is 16.9. The lowest BCUT2D eigenvalue weighted by Crippen LogP contribution is -2.12. The number of rotatable bonds is 5. The van der Waals surface area contributed by atoms with E-state index in [4.69, 9.17) is 4.52 Å². The minimum atomic E-state index is -3.82. The van der Waals surface area contributed by atoms with Gasteiger partial charge in [0, 0.05) is 6.07 Å². The van der Waals surface area contributed by atoms with Crippen LogP contribution in [0.4, 0.5) is 5.88 Å². The summed E-state index contributed by atoms with van der Waals surface area (Å²) >= 11 is 0. The van der Waals surface area contributed by atoms with Crippen LogP contribution in [0.3, 0.4) is 0 Å². The molecule has 1 N–H and O–H groups in total. The summed E-state index contributed by atoms with van der Waals surface area (Å²) in [6, 6.07) is 24.6. The van der Waals surface area contributed by atoms with Crippen molar-refractivity contribution in [1.29, 1.82) is 0 Å². The number of aromatic nitrogens is 1. The molecular weight excluding hydrogens is 384 g/mol. The highest BCUT2D eigenvalue weighted by Gasteiger charge is 2.19. The van der Waals surface area contributed by atoms with E-state index in [2.05, 4.69) is 9.88 Å². The fourth-order valence-corrected chi connectivity index (χ4v) is 4.13. The normalized spacial score (nSPS) is 11.4. The molecule has 3 aromatic carbocycles. The van der Waals surface area contributed by atoms with Gasteiger partial charge in [0.05, 0.1) is 10.6 Å². The van der Waals surface area contributed by atoms with E-state index in [9.17, 15) is 8.42 Å². The molecule has 0 bridgehead atoms. The van der Waals surface area contributed by atoms with Crippen LogP contribution in [0.1, 0.15) is 11.3 Å². The first-order chi connectivity index (χ1) is 13.9. The number of benzene rings is 3. The van der Waals surface area contributed by atoms with Gasteiger partial charge in [-0.25, -0.2) is 13.1 Å². The molecule has 1 aromatic heterocycles. The molecule has 0 aliphatic carbocycles. The molecule has 4 aromatic rings. The second kappa shape index (κ2) is 7.56. The van der Waals surface area contributed by atoms with Gasteiger partial charge in [-0.2, -0.15) is 0 Å². The van der Waals surface area contributed by atoms with Gasteiger partial charge in [0.15, 0.2) is 0 Å². The second-order valence-electron chi connectivity index (χ2n) is 6.88. The van der Waals surface area contributed by atoms with Crippen molar-refractivity contribution < 1.29 is 12.9 Å². The van der Waals surface area contributed by atoms with Crippen molar-refractivity contribution >= 4 is 15.9 Å². The quantitative estimate of drug-likeness (QED) is 0.482. The van der Waals surface area contributed by atoms with Crippen LogP contribution in [0.5, 0.6) is 0 Å². The second-order valence-corrected chi connectivity index (χ2v) is 8.56. The summed E-state index contributed by atoms with van der Waals surface area (Å²) in [6.07, 6.45) is 0. The predicted molar refractivity (Wildman–Crippen MR) is 114 cm³/mol. The Hall–Kier alpha value is -3.38. The van der Waals surface area contributed by atoms with Crippen molar-refractivity contribution in [1.82, 2.24) is 5.16 Å². The van der Waals surface area contributed by atoms with Crippen molar-refractivity contribution in [3.63, 3.8) is 0 Å². The summed E-state index contributed by atoms with van der Waals surface area (Å²) in [7, 11) is -3.82. The van der Waals surface area contributed by atoms with Crippen molar-refractivity contribution in [3.05, 3.63) is 90.1 Å². The lowest BCUT2D eigenvalue weighted by Gasteiger charge is -2.13. The van der Waals surface area contributed by atoms with Gasteiger partial charge < -0.3 is 4.52 Å². The maximum atomic E-state index is 12.9. The topological polar surface area (TPSA) is 72.2 Å². The van der Waals surface area contributed by atoms with Gasteiger partial charge in [0.25, 0.3) is 10.0 Å². The minimum absolute atomic E-state index is 0.0892. The fourth-order valence-electron chi connectivity index (χ4n) is 3.13. The SMILES string of the molecule is Cc1ccc(-c2ccc(S(=O)(=O)Nc3cc(C)no3)cc2-c2ccccc2)cc1. The summed E-state index contributed by atoms with van der Waals surface area (Å²) in [4.78, 5) is 0.154. The van der Waals surface area contributed by atoms with Crippen LogP contribution in [-0.4, -0.2) is 13.6 Å². The Labute approximate surface area is 170 Å². The van der Waals surface area contributed by atoms with E-state index in [1.54, 1.807) is 19.1 Å². The van der Waals surface area contributed by atoms with Crippen molar-refractivity contribution in [2.24, 2.45) is 0 Å². The monoisotopic (exact) mass is 404 g/mol. The average Bonchev–Trinajstić information content (AvgIpc) is 3.13. The van der Waals surface area contributed by atoms with Crippen LogP contribution < -0.4 is 4.72 Å². The highest BCUT2D eigenvalue weighted by molar-refractivity contribution is 7.92. The molecule has 29 heavy (non-hydrogen) atoms. The number of nitrogens with zero attached hydrogens (tertiary/aromatic N) is 1. The first-order valence-corrected chi connectivity index (χ1v) is 10.6. The highest BCUT2D eigenvalue weighted by Crippen LogP contribution is 2.34. The summed E-state index contributed by atoms with van der Waals surface area (Å²) in [5.41, 5.74) is 5.53. The molecule has 0 aliphatic heterocycles. The maximum Gasteiger partial charge on any atom is 0.264 e. The average molecular weight is 404 g/mol. The van der Waals surface area contributed by atoms with E-state index in [1.807, 2.05) is 67.6 Å². The number of aryl methyl sites for hydroxylation is 2. The Morgan fingerprint density at radius 3 is 2.14 bits per heavy atom. The molecule has 0 amide bonds. The van der Waals surface area contributed by atoms with E-state index >= 15 is 0 Å². The third-order valence-corrected chi connectivity index (χ3v) is 5.96. The van der Waals surface area contributed by atoms with Crippen LogP contribution >= 0.6 is 0 Å². The van der Waals surface area contributed by atoms with Crippen LogP contribution in [0.2, 0.25) is 0 Å². The van der Waals surface area contributed by atoms with E-state index in [0.29, 0.717) is 5.69 Å². The molecule has 0 aliphatic rings. The Morgan fingerprint density at radius 1 is 0.793 bits per heavy atom. The lowest BCUT2D eigenvalue weighted by molar-refractivity contribution is 0.430. The summed E-state index contributed by atoms with van der Waals surface area (Å²) in [5.74, 6) is 0.0892. The number of hydrogen-bond donors (Lipinski definition) is 1. The molecule has 0 atom stereocenters. The molecular formula is C23H20N2O3S. The van der Waals surface area contributed by atoms with E-state index < -0.39 is 10.0 Å². The molecule has 4 rings (SSSR count). The molecule has 1 heterocycles. The predicted octanol–water partition coefficient (Wildman–Crippen LogP) is 5.43. The smallest absolute Gasteiger partial charge is 0.264 e. The van der Waals surface area contributed by atoms with Gasteiger partial charge in [-0.05, 0) is 48.2 Å². The van der Waals surface area contributed by atoms with Gasteiger partial charge in [-0.15, -0.1) is 0 Å². The van der Waals surface area contributed by atoms with Crippen LogP contribution in [-0.2, 0) is 10.0 Å². The van der Waals surface area contributed by atoms with E-state index in [1.165, 1.54) is 11.6 Å². The lowest BCUT2D eigenvalue weighted by atomic mass is 9.94. The highest BCUT2D eigenvalue weighted by atomic mass is 32.2. The van der Waals surface area contributed by atoms with Gasteiger partial charge in [0.2, 0.25) is 5.88 Å². The third kappa shape index (κ3) is 4.07. The summed E-state index contributed by atoms with van der Waals surface area (Å²) in [6.45, 7) is 3.76. The zero-order chi connectivity index (χ0) is 20.4. The number of nitrogens with one attached hydrogen (secondary N) is 1. The van der Waals surface area contributed by atoms with Crippen molar-refractivity contribution in [2.75, 3.05) is 4.72 Å². The van der Waals surface area contributed by atoms with Gasteiger partial charge in [-0.1, -0.05) is 71.4 Å². The fraction of sp³-hybridized carbons (Fsp3) is 0.0870. The molecule has 6 heteroatoms. The molecule has 0 saturated carbocycles. The molecule has 5 nitrogen and oxygen atoms in total. The van der Waals surface area contributed by atoms with E-state index in [-0.39, 0.29) is 10.8 Å². The minimum Gasteiger partial charge on any atom is -0.338 e. The Kier molecular flexibility index (Phi) is 4.94. The molecule has 0 unspecified atom stereocenters. The van der Waals surface area contributed by atoms with Crippen LogP contribution in [0.15, 0.2) is 88.3 Å². The molecule has 0 saturated heterocycles. The summed E-state index contributed by atoms with van der Waals surface area (Å²) in [5, 5.41) is 3.72. The van der Waals surface area contributed by atoms with Crippen LogP contribution in [0, 0.1) is 13.8 Å². The Bertz CT molecular complexity index is 1250. The zero-order valence-electron chi connectivity index (χ0n) is 16.1. The molecule has 0 fully saturated rings. The third-order valence-electron chi connectivity index (χ3n) is 4.61. The Morgan fingerprint density at radius 2 is 1.48 bits per heavy atom. The molecule has 0 spiro atoms.